The Balaban J connectivity index is 2.26. The minimum atomic E-state index is -0.943. The molecule has 1 heterocycles. The molecule has 2 unspecified atom stereocenters. The molecule has 1 rings (SSSR count). The van der Waals surface area contributed by atoms with E-state index in [9.17, 15) is 4.79 Å². The van der Waals surface area contributed by atoms with Crippen molar-refractivity contribution in [1.29, 1.82) is 0 Å². The minimum absolute atomic E-state index is 0.0489. The molecule has 110 valence electrons. The zero-order valence-corrected chi connectivity index (χ0v) is 11.6. The number of methoxy groups -OCH3 is 2. The molecule has 0 saturated heterocycles. The summed E-state index contributed by atoms with van der Waals surface area (Å²) in [5.41, 5.74) is 0. The number of carbonyl (C=O) groups excluding carboxylic acids is 1. The summed E-state index contributed by atoms with van der Waals surface area (Å²) in [6, 6.07) is 0. The second kappa shape index (κ2) is 8.27. The van der Waals surface area contributed by atoms with Gasteiger partial charge in [-0.15, -0.1) is 0 Å². The first-order valence-corrected chi connectivity index (χ1v) is 6.48. The van der Waals surface area contributed by atoms with Crippen LogP contribution in [0.25, 0.3) is 0 Å². The Hall–Kier alpha value is -0.950. The summed E-state index contributed by atoms with van der Waals surface area (Å²) in [5.74, 6) is -0.992. The Morgan fingerprint density at radius 1 is 1.42 bits per heavy atom. The maximum Gasteiger partial charge on any atom is 0.220 e. The summed E-state index contributed by atoms with van der Waals surface area (Å²) in [5, 5.41) is 11.4. The molecule has 0 fully saturated rings. The van der Waals surface area contributed by atoms with E-state index in [1.165, 1.54) is 7.11 Å². The molecule has 1 aliphatic rings. The second-order valence-electron chi connectivity index (χ2n) is 4.41. The van der Waals surface area contributed by atoms with Crippen molar-refractivity contribution >= 4 is 5.91 Å². The zero-order valence-electron chi connectivity index (χ0n) is 11.6. The van der Waals surface area contributed by atoms with E-state index < -0.39 is 12.1 Å². The smallest absolute Gasteiger partial charge is 0.220 e. The Morgan fingerprint density at radius 2 is 2.21 bits per heavy atom. The van der Waals surface area contributed by atoms with Crippen LogP contribution in [0.4, 0.5) is 0 Å². The second-order valence-corrected chi connectivity index (χ2v) is 4.41. The maximum atomic E-state index is 11.6. The van der Waals surface area contributed by atoms with Crippen LogP contribution >= 0.6 is 0 Å². The van der Waals surface area contributed by atoms with Crippen molar-refractivity contribution in [3.8, 4) is 0 Å². The van der Waals surface area contributed by atoms with E-state index in [0.29, 0.717) is 6.42 Å². The Bertz CT molecular complexity index is 307. The van der Waals surface area contributed by atoms with Gasteiger partial charge >= 0.3 is 0 Å². The molecule has 0 radical (unpaired) electrons. The number of amides is 1. The number of nitrogens with one attached hydrogen (secondary N) is 1. The summed E-state index contributed by atoms with van der Waals surface area (Å²) in [4.78, 5) is 11.6. The van der Waals surface area contributed by atoms with Crippen molar-refractivity contribution < 1.29 is 24.1 Å². The molecule has 1 aliphatic heterocycles. The largest absolute Gasteiger partial charge is 0.396 e. The maximum absolute atomic E-state index is 11.6. The molecule has 0 spiro atoms. The number of aliphatic hydroxyl groups excluding tert-OH is 1. The van der Waals surface area contributed by atoms with Gasteiger partial charge in [0.05, 0.1) is 6.54 Å². The number of carbonyl (C=O) groups is 1. The molecule has 19 heavy (non-hydrogen) atoms. The lowest BCUT2D eigenvalue weighted by Gasteiger charge is -2.27. The molecule has 0 saturated carbocycles. The van der Waals surface area contributed by atoms with Crippen LogP contribution < -0.4 is 5.32 Å². The molecule has 1 amide bonds. The van der Waals surface area contributed by atoms with Crippen LogP contribution in [0, 0.1) is 0 Å². The summed E-state index contributed by atoms with van der Waals surface area (Å²) < 4.78 is 15.9. The zero-order chi connectivity index (χ0) is 14.1. The quantitative estimate of drug-likeness (QED) is 0.474. The van der Waals surface area contributed by atoms with E-state index >= 15 is 0 Å². The molecule has 6 nitrogen and oxygen atoms in total. The number of ether oxygens (including phenoxy) is 3. The van der Waals surface area contributed by atoms with E-state index in [1.54, 1.807) is 19.3 Å². The van der Waals surface area contributed by atoms with Gasteiger partial charge in [-0.25, -0.2) is 0 Å². The minimum Gasteiger partial charge on any atom is -0.396 e. The van der Waals surface area contributed by atoms with E-state index in [1.807, 2.05) is 0 Å². The molecule has 0 aromatic carbocycles. The van der Waals surface area contributed by atoms with Crippen molar-refractivity contribution in [1.82, 2.24) is 5.32 Å². The molecule has 0 bridgehead atoms. The highest BCUT2D eigenvalue weighted by atomic mass is 16.8. The summed E-state index contributed by atoms with van der Waals surface area (Å²) in [6.07, 6.45) is 5.84. The highest BCUT2D eigenvalue weighted by Crippen LogP contribution is 2.23. The Labute approximate surface area is 113 Å². The number of unbranched alkanes of at least 4 members (excludes halogenated alkanes) is 2. The third-order valence-electron chi connectivity index (χ3n) is 2.99. The van der Waals surface area contributed by atoms with E-state index in [2.05, 4.69) is 5.32 Å². The topological polar surface area (TPSA) is 77.0 Å². The molecule has 0 aliphatic carbocycles. The average Bonchev–Trinajstić information content (AvgIpc) is 2.86. The monoisotopic (exact) mass is 273 g/mol. The van der Waals surface area contributed by atoms with Gasteiger partial charge in [0.1, 0.15) is 0 Å². The van der Waals surface area contributed by atoms with Gasteiger partial charge in [0.25, 0.3) is 0 Å². The molecular formula is C13H23NO5. The fourth-order valence-corrected chi connectivity index (χ4v) is 1.80. The van der Waals surface area contributed by atoms with Gasteiger partial charge in [-0.1, -0.05) is 6.42 Å². The summed E-state index contributed by atoms with van der Waals surface area (Å²) in [7, 11) is 3.07. The SMILES string of the molecule is COC1C=CC(CNC(=O)CCCCCO)(OC)O1. The van der Waals surface area contributed by atoms with Gasteiger partial charge in [-0.2, -0.15) is 0 Å². The molecule has 0 aromatic heterocycles. The van der Waals surface area contributed by atoms with Crippen molar-refractivity contribution in [2.45, 2.75) is 37.8 Å². The molecule has 6 heteroatoms. The standard InChI is InChI=1S/C13H23NO5/c1-17-12-7-8-13(18-2,19-12)10-14-11(16)6-4-3-5-9-15/h7-8,12,15H,3-6,9-10H2,1-2H3,(H,14,16). The van der Waals surface area contributed by atoms with Gasteiger partial charge in [0.2, 0.25) is 11.7 Å². The van der Waals surface area contributed by atoms with Crippen LogP contribution in [0.2, 0.25) is 0 Å². The van der Waals surface area contributed by atoms with Crippen LogP contribution in [0.5, 0.6) is 0 Å². The van der Waals surface area contributed by atoms with Crippen LogP contribution in [-0.4, -0.2) is 50.5 Å². The van der Waals surface area contributed by atoms with Crippen LogP contribution in [-0.2, 0) is 19.0 Å². The third kappa shape index (κ3) is 5.28. The molecule has 2 N–H and O–H groups in total. The third-order valence-corrected chi connectivity index (χ3v) is 2.99. The highest BCUT2D eigenvalue weighted by Gasteiger charge is 2.36. The number of rotatable bonds is 9. The number of hydrogen-bond acceptors (Lipinski definition) is 5. The Kier molecular flexibility index (Phi) is 7.01. The van der Waals surface area contributed by atoms with Crippen molar-refractivity contribution in [3.63, 3.8) is 0 Å². The van der Waals surface area contributed by atoms with E-state index in [4.69, 9.17) is 19.3 Å². The van der Waals surface area contributed by atoms with Crippen molar-refractivity contribution in [2.75, 3.05) is 27.4 Å². The first-order valence-electron chi connectivity index (χ1n) is 6.48. The lowest BCUT2D eigenvalue weighted by Crippen LogP contribution is -2.44. The van der Waals surface area contributed by atoms with Crippen LogP contribution in [0.1, 0.15) is 25.7 Å². The predicted octanol–water partition coefficient (Wildman–Crippen LogP) is 0.557. The lowest BCUT2D eigenvalue weighted by atomic mass is 10.2. The molecular weight excluding hydrogens is 250 g/mol. The van der Waals surface area contributed by atoms with Crippen LogP contribution in [0.15, 0.2) is 12.2 Å². The van der Waals surface area contributed by atoms with Crippen molar-refractivity contribution in [2.24, 2.45) is 0 Å². The van der Waals surface area contributed by atoms with Gasteiger partial charge in [0, 0.05) is 27.2 Å². The Morgan fingerprint density at radius 3 is 2.79 bits per heavy atom. The fraction of sp³-hybridized carbons (Fsp3) is 0.769. The first kappa shape index (κ1) is 16.1. The van der Waals surface area contributed by atoms with E-state index in [-0.39, 0.29) is 19.1 Å². The van der Waals surface area contributed by atoms with Gasteiger partial charge in [0.15, 0.2) is 6.29 Å². The predicted molar refractivity (Wildman–Crippen MR) is 69.3 cm³/mol. The van der Waals surface area contributed by atoms with Gasteiger partial charge in [-0.05, 0) is 25.0 Å². The molecule has 0 aromatic rings. The molecule has 2 atom stereocenters. The lowest BCUT2D eigenvalue weighted by molar-refractivity contribution is -0.239. The average molecular weight is 273 g/mol. The van der Waals surface area contributed by atoms with Crippen LogP contribution in [0.3, 0.4) is 0 Å². The number of hydrogen-bond donors (Lipinski definition) is 2. The van der Waals surface area contributed by atoms with Gasteiger partial charge in [-0.3, -0.25) is 4.79 Å². The van der Waals surface area contributed by atoms with Gasteiger partial charge < -0.3 is 24.6 Å². The van der Waals surface area contributed by atoms with E-state index in [0.717, 1.165) is 19.3 Å². The number of aliphatic hydroxyl groups is 1. The summed E-state index contributed by atoms with van der Waals surface area (Å²) in [6.45, 7) is 0.421. The first-order chi connectivity index (χ1) is 9.15. The normalized spacial score (nSPS) is 25.7. The highest BCUT2D eigenvalue weighted by molar-refractivity contribution is 5.75. The fourth-order valence-electron chi connectivity index (χ4n) is 1.80. The van der Waals surface area contributed by atoms with Crippen molar-refractivity contribution in [3.05, 3.63) is 12.2 Å². The summed E-state index contributed by atoms with van der Waals surface area (Å²) >= 11 is 0.